The van der Waals surface area contributed by atoms with Gasteiger partial charge in [0.15, 0.2) is 0 Å². The number of carbonyl (C=O) groups excluding carboxylic acids is 4. The van der Waals surface area contributed by atoms with E-state index in [0.29, 0.717) is 5.69 Å². The third-order valence-electron chi connectivity index (χ3n) is 4.04. The highest BCUT2D eigenvalue weighted by Gasteiger charge is 2.28. The van der Waals surface area contributed by atoms with Crippen molar-refractivity contribution in [2.75, 3.05) is 5.32 Å². The Hall–Kier alpha value is -3.10. The number of benzene rings is 1. The summed E-state index contributed by atoms with van der Waals surface area (Å²) in [4.78, 5) is 48.0. The van der Waals surface area contributed by atoms with Gasteiger partial charge in [-0.3, -0.25) is 14.4 Å². The van der Waals surface area contributed by atoms with Gasteiger partial charge in [0.1, 0.15) is 24.3 Å². The fourth-order valence-electron chi connectivity index (χ4n) is 2.46. The lowest BCUT2D eigenvalue weighted by Gasteiger charge is -2.26. The largest absolute Gasteiger partial charge is 0.461 e. The lowest BCUT2D eigenvalue weighted by atomic mass is 10.0. The quantitative estimate of drug-likeness (QED) is 0.540. The van der Waals surface area contributed by atoms with Crippen molar-refractivity contribution in [2.24, 2.45) is 5.92 Å². The summed E-state index contributed by atoms with van der Waals surface area (Å²) in [5, 5.41) is 7.87. The van der Waals surface area contributed by atoms with Crippen LogP contribution in [0.3, 0.4) is 0 Å². The van der Waals surface area contributed by atoms with E-state index in [1.54, 1.807) is 65.8 Å². The zero-order chi connectivity index (χ0) is 23.8. The minimum Gasteiger partial charge on any atom is -0.461 e. The number of ether oxygens (including phenoxy) is 2. The second kappa shape index (κ2) is 11.3. The minimum atomic E-state index is -0.856. The maximum atomic E-state index is 12.6. The van der Waals surface area contributed by atoms with Gasteiger partial charge in [-0.05, 0) is 51.3 Å². The standard InChI is InChI=1S/C22H33N3O6/c1-13(2)18(25-21(29)31-22(5,6)7)20(28)23-14(3)19(27)24-17-10-8-16(9-11-17)12-30-15(4)26/h8-11,13-14,18H,12H2,1-7H3,(H,23,28)(H,24,27)(H,25,29)/t14-,18-/m0/s1. The zero-order valence-electron chi connectivity index (χ0n) is 19.2. The molecule has 3 N–H and O–H groups in total. The van der Waals surface area contributed by atoms with Gasteiger partial charge in [0.25, 0.3) is 0 Å². The number of anilines is 1. The maximum absolute atomic E-state index is 12.6. The van der Waals surface area contributed by atoms with Crippen molar-refractivity contribution in [3.63, 3.8) is 0 Å². The first-order valence-corrected chi connectivity index (χ1v) is 10.1. The number of alkyl carbamates (subject to hydrolysis) is 1. The van der Waals surface area contributed by atoms with Gasteiger partial charge in [0, 0.05) is 12.6 Å². The Labute approximate surface area is 183 Å². The van der Waals surface area contributed by atoms with Crippen LogP contribution in [-0.2, 0) is 30.5 Å². The Morgan fingerprint density at radius 1 is 0.935 bits per heavy atom. The van der Waals surface area contributed by atoms with Crippen molar-refractivity contribution in [3.8, 4) is 0 Å². The molecule has 9 nitrogen and oxygen atoms in total. The first kappa shape index (κ1) is 25.9. The summed E-state index contributed by atoms with van der Waals surface area (Å²) < 4.78 is 10.1. The molecule has 0 spiro atoms. The van der Waals surface area contributed by atoms with Crippen molar-refractivity contribution in [1.29, 1.82) is 0 Å². The van der Waals surface area contributed by atoms with Crippen LogP contribution in [0.15, 0.2) is 24.3 Å². The van der Waals surface area contributed by atoms with E-state index in [1.165, 1.54) is 6.92 Å². The Morgan fingerprint density at radius 2 is 1.52 bits per heavy atom. The molecule has 31 heavy (non-hydrogen) atoms. The molecule has 0 aliphatic carbocycles. The van der Waals surface area contributed by atoms with Gasteiger partial charge in [-0.15, -0.1) is 0 Å². The molecule has 9 heteroatoms. The number of rotatable bonds is 8. The van der Waals surface area contributed by atoms with E-state index in [0.717, 1.165) is 5.56 Å². The number of hydrogen-bond donors (Lipinski definition) is 3. The first-order chi connectivity index (χ1) is 14.3. The van der Waals surface area contributed by atoms with Crippen molar-refractivity contribution < 1.29 is 28.7 Å². The van der Waals surface area contributed by atoms with Crippen LogP contribution in [0.5, 0.6) is 0 Å². The van der Waals surface area contributed by atoms with E-state index in [1.807, 2.05) is 0 Å². The number of nitrogens with one attached hydrogen (secondary N) is 3. The van der Waals surface area contributed by atoms with E-state index < -0.39 is 35.6 Å². The number of hydrogen-bond acceptors (Lipinski definition) is 6. The van der Waals surface area contributed by atoms with E-state index in [9.17, 15) is 19.2 Å². The average molecular weight is 436 g/mol. The Bertz CT molecular complexity index is 783. The summed E-state index contributed by atoms with van der Waals surface area (Å²) in [6, 6.07) is 5.10. The molecule has 0 saturated carbocycles. The van der Waals surface area contributed by atoms with Crippen molar-refractivity contribution in [2.45, 2.75) is 72.8 Å². The Kier molecular flexibility index (Phi) is 9.48. The molecule has 2 atom stereocenters. The second-order valence-electron chi connectivity index (χ2n) is 8.56. The second-order valence-corrected chi connectivity index (χ2v) is 8.56. The van der Waals surface area contributed by atoms with Gasteiger partial charge in [0.05, 0.1) is 0 Å². The molecule has 0 unspecified atom stereocenters. The lowest BCUT2D eigenvalue weighted by Crippen LogP contribution is -2.54. The third-order valence-corrected chi connectivity index (χ3v) is 4.04. The molecule has 0 aliphatic rings. The number of carbonyl (C=O) groups is 4. The highest BCUT2D eigenvalue weighted by atomic mass is 16.6. The molecule has 0 aliphatic heterocycles. The van der Waals surface area contributed by atoms with Crippen LogP contribution in [0.4, 0.5) is 10.5 Å². The SMILES string of the molecule is CC(=O)OCc1ccc(NC(=O)[C@H](C)NC(=O)[C@@H](NC(=O)OC(C)(C)C)C(C)C)cc1. The predicted octanol–water partition coefficient (Wildman–Crippen LogP) is 2.74. The lowest BCUT2D eigenvalue weighted by molar-refractivity contribution is -0.142. The molecule has 1 aromatic rings. The van der Waals surface area contributed by atoms with Crippen LogP contribution in [0.1, 0.15) is 54.0 Å². The Morgan fingerprint density at radius 3 is 2.00 bits per heavy atom. The van der Waals surface area contributed by atoms with Gasteiger partial charge in [-0.25, -0.2) is 4.79 Å². The topological polar surface area (TPSA) is 123 Å². The minimum absolute atomic E-state index is 0.150. The van der Waals surface area contributed by atoms with Crippen LogP contribution in [-0.4, -0.2) is 41.6 Å². The van der Waals surface area contributed by atoms with Crippen LogP contribution >= 0.6 is 0 Å². The van der Waals surface area contributed by atoms with Gasteiger partial charge in [0.2, 0.25) is 11.8 Å². The number of amides is 3. The molecule has 0 fully saturated rings. The molecule has 0 bridgehead atoms. The van der Waals surface area contributed by atoms with Crippen LogP contribution in [0, 0.1) is 5.92 Å². The van der Waals surface area contributed by atoms with E-state index in [-0.39, 0.29) is 18.5 Å². The fraction of sp³-hybridized carbons (Fsp3) is 0.545. The molecule has 3 amide bonds. The zero-order valence-corrected chi connectivity index (χ0v) is 19.2. The van der Waals surface area contributed by atoms with Crippen molar-refractivity contribution in [1.82, 2.24) is 10.6 Å². The molecular formula is C22H33N3O6. The number of esters is 1. The van der Waals surface area contributed by atoms with Gasteiger partial charge < -0.3 is 25.4 Å². The fourth-order valence-corrected chi connectivity index (χ4v) is 2.46. The van der Waals surface area contributed by atoms with Crippen molar-refractivity contribution >= 4 is 29.6 Å². The highest BCUT2D eigenvalue weighted by Crippen LogP contribution is 2.12. The Balaban J connectivity index is 2.65. The maximum Gasteiger partial charge on any atom is 0.408 e. The molecule has 1 aromatic carbocycles. The summed E-state index contributed by atoms with van der Waals surface area (Å²) in [6.07, 6.45) is -0.702. The van der Waals surface area contributed by atoms with Crippen LogP contribution < -0.4 is 16.0 Å². The molecule has 0 radical (unpaired) electrons. The average Bonchev–Trinajstić information content (AvgIpc) is 2.63. The molecule has 172 valence electrons. The summed E-state index contributed by atoms with van der Waals surface area (Å²) >= 11 is 0. The molecule has 0 saturated heterocycles. The van der Waals surface area contributed by atoms with Gasteiger partial charge in [-0.2, -0.15) is 0 Å². The van der Waals surface area contributed by atoms with Crippen LogP contribution in [0.2, 0.25) is 0 Å². The van der Waals surface area contributed by atoms with E-state index in [4.69, 9.17) is 9.47 Å². The first-order valence-electron chi connectivity index (χ1n) is 10.1. The molecule has 0 aromatic heterocycles. The summed E-state index contributed by atoms with van der Waals surface area (Å²) in [5.41, 5.74) is 0.621. The van der Waals surface area contributed by atoms with Gasteiger partial charge in [-0.1, -0.05) is 26.0 Å². The van der Waals surface area contributed by atoms with Crippen LogP contribution in [0.25, 0.3) is 0 Å². The summed E-state index contributed by atoms with van der Waals surface area (Å²) in [7, 11) is 0. The van der Waals surface area contributed by atoms with E-state index >= 15 is 0 Å². The smallest absolute Gasteiger partial charge is 0.408 e. The van der Waals surface area contributed by atoms with E-state index in [2.05, 4.69) is 16.0 Å². The normalized spacial score (nSPS) is 13.0. The third kappa shape index (κ3) is 9.97. The predicted molar refractivity (Wildman–Crippen MR) is 116 cm³/mol. The van der Waals surface area contributed by atoms with Crippen molar-refractivity contribution in [3.05, 3.63) is 29.8 Å². The molecular weight excluding hydrogens is 402 g/mol. The molecule has 1 rings (SSSR count). The summed E-state index contributed by atoms with van der Waals surface area (Å²) in [5.74, 6) is -1.49. The molecule has 0 heterocycles. The summed E-state index contributed by atoms with van der Waals surface area (Å²) in [6.45, 7) is 11.8. The highest BCUT2D eigenvalue weighted by molar-refractivity contribution is 5.98. The monoisotopic (exact) mass is 435 g/mol. The van der Waals surface area contributed by atoms with Gasteiger partial charge >= 0.3 is 12.1 Å².